The van der Waals surface area contributed by atoms with E-state index in [4.69, 9.17) is 12.2 Å². The van der Waals surface area contributed by atoms with E-state index in [0.717, 1.165) is 17.4 Å². The van der Waals surface area contributed by atoms with Crippen LogP contribution in [0, 0.1) is 11.8 Å². The quantitative estimate of drug-likeness (QED) is 0.625. The summed E-state index contributed by atoms with van der Waals surface area (Å²) in [6, 6.07) is 7.46. The number of fused-ring (bicyclic) bond motifs is 2. The highest BCUT2D eigenvalue weighted by atomic mass is 32.1. The minimum Gasteiger partial charge on any atom is -0.508 e. The molecule has 22 heavy (non-hydrogen) atoms. The molecule has 2 aliphatic carbocycles. The third-order valence-corrected chi connectivity index (χ3v) is 5.26. The van der Waals surface area contributed by atoms with Crippen LogP contribution in [0.3, 0.4) is 0 Å². The smallest absolute Gasteiger partial charge is 0.166 e. The van der Waals surface area contributed by atoms with Crippen molar-refractivity contribution in [2.24, 2.45) is 11.8 Å². The Morgan fingerprint density at radius 3 is 2.59 bits per heavy atom. The molecule has 2 aliphatic rings. The Bertz CT molecular complexity index is 520. The van der Waals surface area contributed by atoms with Gasteiger partial charge in [0.15, 0.2) is 5.11 Å². The summed E-state index contributed by atoms with van der Waals surface area (Å²) in [5.41, 5.74) is 1.06. The fourth-order valence-corrected chi connectivity index (χ4v) is 4.21. The van der Waals surface area contributed by atoms with Crippen LogP contribution in [0.15, 0.2) is 24.3 Å². The van der Waals surface area contributed by atoms with E-state index in [1.807, 2.05) is 12.1 Å². The number of aliphatic hydroxyl groups is 1. The fraction of sp³-hybridized carbons (Fsp3) is 0.588. The van der Waals surface area contributed by atoms with Crippen LogP contribution in [0.25, 0.3) is 0 Å². The van der Waals surface area contributed by atoms with E-state index in [9.17, 15) is 10.2 Å². The summed E-state index contributed by atoms with van der Waals surface area (Å²) in [5.74, 6) is 1.91. The summed E-state index contributed by atoms with van der Waals surface area (Å²) in [4.78, 5) is 0. The molecule has 2 bridgehead atoms. The zero-order valence-electron chi connectivity index (χ0n) is 12.7. The number of rotatable bonds is 5. The Labute approximate surface area is 136 Å². The Morgan fingerprint density at radius 1 is 1.23 bits per heavy atom. The minimum absolute atomic E-state index is 0.0272. The van der Waals surface area contributed by atoms with E-state index >= 15 is 0 Å². The summed E-state index contributed by atoms with van der Waals surface area (Å²) in [7, 11) is 0. The number of aromatic hydroxyl groups is 1. The SMILES string of the molecule is OCC(Cc1ccc(O)cc1)NC(=S)NC1CC2CCC1C2. The van der Waals surface area contributed by atoms with Crippen LogP contribution in [-0.2, 0) is 6.42 Å². The molecule has 2 fully saturated rings. The summed E-state index contributed by atoms with van der Waals surface area (Å²) in [5, 5.41) is 26.2. The number of nitrogens with one attached hydrogen (secondary N) is 2. The van der Waals surface area contributed by atoms with Gasteiger partial charge in [0.25, 0.3) is 0 Å². The van der Waals surface area contributed by atoms with Crippen LogP contribution in [-0.4, -0.2) is 34.0 Å². The average molecular weight is 320 g/mol. The van der Waals surface area contributed by atoms with Crippen LogP contribution < -0.4 is 10.6 Å². The third kappa shape index (κ3) is 3.70. The van der Waals surface area contributed by atoms with E-state index in [1.54, 1.807) is 12.1 Å². The van der Waals surface area contributed by atoms with Crippen molar-refractivity contribution in [2.75, 3.05) is 6.61 Å². The molecular weight excluding hydrogens is 296 g/mol. The number of hydrogen-bond donors (Lipinski definition) is 4. The maximum Gasteiger partial charge on any atom is 0.166 e. The normalized spacial score (nSPS) is 27.6. The maximum absolute atomic E-state index is 9.56. The number of phenols is 1. The van der Waals surface area contributed by atoms with E-state index in [0.29, 0.717) is 17.6 Å². The van der Waals surface area contributed by atoms with Gasteiger partial charge in [-0.25, -0.2) is 0 Å². The maximum atomic E-state index is 9.56. The van der Waals surface area contributed by atoms with Gasteiger partial charge in [0.2, 0.25) is 0 Å². The number of phenolic OH excluding ortho intramolecular Hbond substituents is 1. The van der Waals surface area contributed by atoms with Crippen LogP contribution in [0.4, 0.5) is 0 Å². The van der Waals surface area contributed by atoms with Crippen molar-refractivity contribution in [2.45, 2.75) is 44.2 Å². The van der Waals surface area contributed by atoms with E-state index in [1.165, 1.54) is 25.7 Å². The summed E-state index contributed by atoms with van der Waals surface area (Å²) >= 11 is 5.41. The van der Waals surface area contributed by atoms with Gasteiger partial charge in [-0.3, -0.25) is 0 Å². The second kappa shape index (κ2) is 6.84. The third-order valence-electron chi connectivity index (χ3n) is 5.03. The number of aliphatic hydroxyl groups excluding tert-OH is 1. The molecule has 0 amide bonds. The minimum atomic E-state index is -0.108. The monoisotopic (exact) mass is 320 g/mol. The fourth-order valence-electron chi connectivity index (χ4n) is 3.89. The molecule has 120 valence electrons. The van der Waals surface area contributed by atoms with Crippen molar-refractivity contribution in [1.29, 1.82) is 0 Å². The molecule has 1 aromatic carbocycles. The highest BCUT2D eigenvalue weighted by Gasteiger charge is 2.39. The van der Waals surface area contributed by atoms with Crippen molar-refractivity contribution in [3.8, 4) is 5.75 Å². The van der Waals surface area contributed by atoms with E-state index in [-0.39, 0.29) is 18.4 Å². The lowest BCUT2D eigenvalue weighted by Gasteiger charge is -2.26. The Balaban J connectivity index is 1.49. The topological polar surface area (TPSA) is 64.5 Å². The van der Waals surface area contributed by atoms with Crippen molar-refractivity contribution < 1.29 is 10.2 Å². The molecular formula is C17H24N2O2S. The lowest BCUT2D eigenvalue weighted by molar-refractivity contribution is 0.254. The van der Waals surface area contributed by atoms with Gasteiger partial charge in [-0.15, -0.1) is 0 Å². The summed E-state index contributed by atoms with van der Waals surface area (Å²) in [6.45, 7) is 0.0272. The zero-order valence-corrected chi connectivity index (χ0v) is 13.5. The first-order chi connectivity index (χ1) is 10.6. The molecule has 3 rings (SSSR count). The molecule has 0 heterocycles. The predicted octanol–water partition coefficient (Wildman–Crippen LogP) is 1.95. The van der Waals surface area contributed by atoms with Gasteiger partial charge in [-0.1, -0.05) is 18.6 Å². The number of hydrogen-bond acceptors (Lipinski definition) is 3. The first-order valence-electron chi connectivity index (χ1n) is 8.10. The van der Waals surface area contributed by atoms with Gasteiger partial charge in [0.1, 0.15) is 5.75 Å². The average Bonchev–Trinajstić information content (AvgIpc) is 3.11. The Hall–Kier alpha value is -1.33. The van der Waals surface area contributed by atoms with E-state index < -0.39 is 0 Å². The van der Waals surface area contributed by atoms with E-state index in [2.05, 4.69) is 10.6 Å². The largest absolute Gasteiger partial charge is 0.508 e. The van der Waals surface area contributed by atoms with Crippen molar-refractivity contribution >= 4 is 17.3 Å². The summed E-state index contributed by atoms with van der Waals surface area (Å²) < 4.78 is 0. The molecule has 5 heteroatoms. The van der Waals surface area contributed by atoms with Crippen LogP contribution >= 0.6 is 12.2 Å². The zero-order chi connectivity index (χ0) is 15.5. The van der Waals surface area contributed by atoms with Gasteiger partial charge in [0, 0.05) is 6.04 Å². The first-order valence-corrected chi connectivity index (χ1v) is 8.50. The Kier molecular flexibility index (Phi) is 4.84. The Morgan fingerprint density at radius 2 is 2.00 bits per heavy atom. The van der Waals surface area contributed by atoms with Gasteiger partial charge in [-0.05, 0) is 67.4 Å². The van der Waals surface area contributed by atoms with Gasteiger partial charge >= 0.3 is 0 Å². The molecule has 1 aromatic rings. The van der Waals surface area contributed by atoms with Crippen molar-refractivity contribution in [1.82, 2.24) is 10.6 Å². The number of thiocarbonyl (C=S) groups is 1. The molecule has 4 unspecified atom stereocenters. The van der Waals surface area contributed by atoms with Crippen LogP contribution in [0.5, 0.6) is 5.75 Å². The first kappa shape index (κ1) is 15.6. The summed E-state index contributed by atoms with van der Waals surface area (Å²) in [6.07, 6.45) is 5.95. The van der Waals surface area contributed by atoms with Gasteiger partial charge < -0.3 is 20.8 Å². The molecule has 0 aliphatic heterocycles. The van der Waals surface area contributed by atoms with Crippen LogP contribution in [0.2, 0.25) is 0 Å². The lowest BCUT2D eigenvalue weighted by atomic mass is 9.95. The highest BCUT2D eigenvalue weighted by molar-refractivity contribution is 7.80. The molecule has 0 spiro atoms. The molecule has 2 saturated carbocycles. The second-order valence-corrected chi connectivity index (χ2v) is 7.06. The molecule has 4 N–H and O–H groups in total. The molecule has 0 saturated heterocycles. The second-order valence-electron chi connectivity index (χ2n) is 6.65. The van der Waals surface area contributed by atoms with Crippen molar-refractivity contribution in [3.63, 3.8) is 0 Å². The van der Waals surface area contributed by atoms with Crippen molar-refractivity contribution in [3.05, 3.63) is 29.8 Å². The standard InChI is InChI=1S/C17H24N2O2S/c20-10-14(8-11-2-5-15(21)6-3-11)18-17(22)19-16-9-12-1-4-13(16)7-12/h2-3,5-6,12-14,16,20-21H,1,4,7-10H2,(H2,18,19,22). The predicted molar refractivity (Wildman–Crippen MR) is 90.8 cm³/mol. The highest BCUT2D eigenvalue weighted by Crippen LogP contribution is 2.44. The molecule has 0 radical (unpaired) electrons. The number of benzene rings is 1. The van der Waals surface area contributed by atoms with Crippen LogP contribution in [0.1, 0.15) is 31.2 Å². The molecule has 0 aromatic heterocycles. The molecule has 4 atom stereocenters. The van der Waals surface area contributed by atoms with Gasteiger partial charge in [-0.2, -0.15) is 0 Å². The molecule has 4 nitrogen and oxygen atoms in total. The van der Waals surface area contributed by atoms with Gasteiger partial charge in [0.05, 0.1) is 12.6 Å². The lowest BCUT2D eigenvalue weighted by Crippen LogP contribution is -2.49.